The lowest BCUT2D eigenvalue weighted by molar-refractivity contribution is -0.118. The molecule has 2 amide bonds. The van der Waals surface area contributed by atoms with E-state index in [0.29, 0.717) is 29.2 Å². The molecule has 2 aromatic rings. The largest absolute Gasteiger partial charge is 0.326 e. The van der Waals surface area contributed by atoms with Crippen LogP contribution in [-0.2, 0) is 19.4 Å². The summed E-state index contributed by atoms with van der Waals surface area (Å²) in [5.41, 5.74) is 1.87. The van der Waals surface area contributed by atoms with Gasteiger partial charge in [-0.1, -0.05) is 30.5 Å². The molecule has 0 unspecified atom stereocenters. The number of anilines is 2. The van der Waals surface area contributed by atoms with E-state index in [4.69, 9.17) is 11.6 Å². The molecule has 0 atom stereocenters. The van der Waals surface area contributed by atoms with Crippen molar-refractivity contribution >= 4 is 44.6 Å². The Labute approximate surface area is 187 Å². The first-order valence-electron chi connectivity index (χ1n) is 10.5. The minimum atomic E-state index is -3.92. The zero-order chi connectivity index (χ0) is 22.2. The van der Waals surface area contributed by atoms with Gasteiger partial charge < -0.3 is 10.6 Å². The molecule has 2 aliphatic rings. The Morgan fingerprint density at radius 3 is 2.26 bits per heavy atom. The zero-order valence-electron chi connectivity index (χ0n) is 17.3. The quantitative estimate of drug-likeness (QED) is 0.652. The number of carbonyl (C=O) groups excluding carboxylic acids is 2. The van der Waals surface area contributed by atoms with E-state index in [1.807, 2.05) is 6.92 Å². The molecular weight excluding hydrogens is 436 g/mol. The maximum Gasteiger partial charge on any atom is 0.246 e. The predicted molar refractivity (Wildman–Crippen MR) is 121 cm³/mol. The van der Waals surface area contributed by atoms with Gasteiger partial charge in [-0.05, 0) is 74.6 Å². The summed E-state index contributed by atoms with van der Waals surface area (Å²) in [7, 11) is -3.92. The van der Waals surface area contributed by atoms with Crippen molar-refractivity contribution in [3.63, 3.8) is 0 Å². The fourth-order valence-corrected chi connectivity index (χ4v) is 6.26. The third kappa shape index (κ3) is 4.21. The summed E-state index contributed by atoms with van der Waals surface area (Å²) >= 11 is 5.91. The highest BCUT2D eigenvalue weighted by Crippen LogP contribution is 2.42. The van der Waals surface area contributed by atoms with E-state index < -0.39 is 20.5 Å². The average molecular weight is 461 g/mol. The van der Waals surface area contributed by atoms with Crippen LogP contribution in [0.2, 0.25) is 5.02 Å². The highest BCUT2D eigenvalue weighted by atomic mass is 35.5. The molecule has 2 fully saturated rings. The molecule has 0 saturated heterocycles. The summed E-state index contributed by atoms with van der Waals surface area (Å²) in [6.07, 6.45) is 3.65. The molecule has 0 aliphatic heterocycles. The second-order valence-electron chi connectivity index (χ2n) is 8.41. The van der Waals surface area contributed by atoms with Crippen LogP contribution >= 0.6 is 11.6 Å². The van der Waals surface area contributed by atoms with Crippen LogP contribution in [0, 0.1) is 12.8 Å². The third-order valence-electron chi connectivity index (χ3n) is 6.16. The molecule has 31 heavy (non-hydrogen) atoms. The SMILES string of the molecule is Cc1ccc(NC(=O)C2CC2)cc1NC(=O)C1(S(=O)(=O)c2ccc(Cl)cc2)CCCC1. The first-order chi connectivity index (χ1) is 14.7. The molecule has 8 heteroatoms. The molecule has 6 nitrogen and oxygen atoms in total. The van der Waals surface area contributed by atoms with Crippen molar-refractivity contribution in [2.24, 2.45) is 5.92 Å². The Hall–Kier alpha value is -2.38. The number of hydrogen-bond acceptors (Lipinski definition) is 4. The number of carbonyl (C=O) groups is 2. The molecule has 0 radical (unpaired) electrons. The zero-order valence-corrected chi connectivity index (χ0v) is 18.9. The second kappa shape index (κ2) is 8.28. The van der Waals surface area contributed by atoms with Crippen LogP contribution in [0.4, 0.5) is 11.4 Å². The Morgan fingerprint density at radius 1 is 1.00 bits per heavy atom. The highest BCUT2D eigenvalue weighted by molar-refractivity contribution is 7.93. The fraction of sp³-hybridized carbons (Fsp3) is 0.391. The average Bonchev–Trinajstić information content (AvgIpc) is 3.46. The van der Waals surface area contributed by atoms with Gasteiger partial charge in [-0.25, -0.2) is 8.42 Å². The molecule has 2 saturated carbocycles. The van der Waals surface area contributed by atoms with E-state index in [-0.39, 0.29) is 29.6 Å². The lowest BCUT2D eigenvalue weighted by Crippen LogP contribution is -2.47. The summed E-state index contributed by atoms with van der Waals surface area (Å²) in [6, 6.07) is 11.2. The maximum absolute atomic E-state index is 13.5. The smallest absolute Gasteiger partial charge is 0.246 e. The number of benzene rings is 2. The fourth-order valence-electron chi connectivity index (χ4n) is 4.06. The van der Waals surface area contributed by atoms with E-state index in [0.717, 1.165) is 18.4 Å². The van der Waals surface area contributed by atoms with Crippen LogP contribution in [0.3, 0.4) is 0 Å². The number of hydrogen-bond donors (Lipinski definition) is 2. The van der Waals surface area contributed by atoms with E-state index in [9.17, 15) is 18.0 Å². The topological polar surface area (TPSA) is 92.3 Å². The van der Waals surface area contributed by atoms with Gasteiger partial charge in [0.25, 0.3) is 0 Å². The van der Waals surface area contributed by atoms with Crippen LogP contribution in [0.15, 0.2) is 47.4 Å². The number of rotatable bonds is 6. The van der Waals surface area contributed by atoms with Gasteiger partial charge in [0.05, 0.1) is 4.90 Å². The van der Waals surface area contributed by atoms with Crippen molar-refractivity contribution in [1.82, 2.24) is 0 Å². The lowest BCUT2D eigenvalue weighted by Gasteiger charge is -2.28. The van der Waals surface area contributed by atoms with Gasteiger partial charge in [0.1, 0.15) is 0 Å². The predicted octanol–water partition coefficient (Wildman–Crippen LogP) is 4.72. The van der Waals surface area contributed by atoms with Crippen molar-refractivity contribution in [3.8, 4) is 0 Å². The monoisotopic (exact) mass is 460 g/mol. The normalized spacial score (nSPS) is 17.9. The summed E-state index contributed by atoms with van der Waals surface area (Å²) in [5, 5.41) is 6.14. The van der Waals surface area contributed by atoms with E-state index in [2.05, 4.69) is 10.6 Å². The Bertz CT molecular complexity index is 1120. The Kier molecular flexibility index (Phi) is 5.83. The van der Waals surface area contributed by atoms with Gasteiger partial charge >= 0.3 is 0 Å². The molecule has 0 spiro atoms. The Morgan fingerprint density at radius 2 is 1.65 bits per heavy atom. The van der Waals surface area contributed by atoms with Gasteiger partial charge in [0, 0.05) is 22.3 Å². The molecule has 0 heterocycles. The highest BCUT2D eigenvalue weighted by Gasteiger charge is 2.53. The van der Waals surface area contributed by atoms with E-state index >= 15 is 0 Å². The molecule has 0 bridgehead atoms. The molecule has 2 aromatic carbocycles. The van der Waals surface area contributed by atoms with Gasteiger partial charge in [-0.15, -0.1) is 0 Å². The number of nitrogens with one attached hydrogen (secondary N) is 2. The molecular formula is C23H25ClN2O4S. The Balaban J connectivity index is 1.62. The standard InChI is InChI=1S/C23H25ClN2O4S/c1-15-4-9-18(25-21(27)16-5-6-16)14-20(15)26-22(28)23(12-2-3-13-23)31(29,30)19-10-7-17(24)8-11-19/h4,7-11,14,16H,2-3,5-6,12-13H2,1H3,(H,25,27)(H,26,28). The minimum absolute atomic E-state index is 0.0290. The van der Waals surface area contributed by atoms with Crippen LogP contribution in [0.1, 0.15) is 44.1 Å². The van der Waals surface area contributed by atoms with Crippen molar-refractivity contribution in [1.29, 1.82) is 0 Å². The molecule has 2 N–H and O–H groups in total. The summed E-state index contributed by atoms with van der Waals surface area (Å²) < 4.78 is 25.5. The van der Waals surface area contributed by atoms with Crippen molar-refractivity contribution in [2.75, 3.05) is 10.6 Å². The van der Waals surface area contributed by atoms with Crippen LogP contribution in [0.5, 0.6) is 0 Å². The van der Waals surface area contributed by atoms with Crippen LogP contribution in [-0.4, -0.2) is 25.0 Å². The summed E-state index contributed by atoms with van der Waals surface area (Å²) in [5.74, 6) is -0.502. The molecule has 4 rings (SSSR count). The molecule has 164 valence electrons. The third-order valence-corrected chi connectivity index (χ3v) is 8.93. The van der Waals surface area contributed by atoms with Gasteiger partial charge in [-0.3, -0.25) is 9.59 Å². The van der Waals surface area contributed by atoms with Crippen molar-refractivity contribution in [3.05, 3.63) is 53.1 Å². The summed E-state index contributed by atoms with van der Waals surface area (Å²) in [4.78, 5) is 25.6. The van der Waals surface area contributed by atoms with Crippen LogP contribution < -0.4 is 10.6 Å². The van der Waals surface area contributed by atoms with E-state index in [1.165, 1.54) is 24.3 Å². The second-order valence-corrected chi connectivity index (χ2v) is 11.1. The molecule has 2 aliphatic carbocycles. The molecule has 0 aromatic heterocycles. The number of halogens is 1. The summed E-state index contributed by atoms with van der Waals surface area (Å²) in [6.45, 7) is 1.83. The lowest BCUT2D eigenvalue weighted by atomic mass is 10.1. The van der Waals surface area contributed by atoms with E-state index in [1.54, 1.807) is 18.2 Å². The van der Waals surface area contributed by atoms with Crippen molar-refractivity contribution < 1.29 is 18.0 Å². The number of amides is 2. The van der Waals surface area contributed by atoms with Gasteiger partial charge in [0.15, 0.2) is 14.6 Å². The number of aryl methyl sites for hydroxylation is 1. The van der Waals surface area contributed by atoms with Gasteiger partial charge in [-0.2, -0.15) is 0 Å². The van der Waals surface area contributed by atoms with Gasteiger partial charge in [0.2, 0.25) is 11.8 Å². The maximum atomic E-state index is 13.5. The van der Waals surface area contributed by atoms with Crippen molar-refractivity contribution in [2.45, 2.75) is 55.1 Å². The first-order valence-corrected chi connectivity index (χ1v) is 12.3. The van der Waals surface area contributed by atoms with Crippen LogP contribution in [0.25, 0.3) is 0 Å². The first kappa shape index (κ1) is 21.8. The minimum Gasteiger partial charge on any atom is -0.326 e. The number of sulfone groups is 1.